The van der Waals surface area contributed by atoms with Crippen molar-refractivity contribution in [3.05, 3.63) is 17.8 Å². The van der Waals surface area contributed by atoms with Crippen molar-refractivity contribution in [3.63, 3.8) is 0 Å². The molecule has 0 radical (unpaired) electrons. The number of hydrogen-bond acceptors (Lipinski definition) is 6. The number of nitrogens with zero attached hydrogens (tertiary/aromatic N) is 2. The zero-order chi connectivity index (χ0) is 14.6. The molecule has 0 unspecified atom stereocenters. The Hall–Kier alpha value is -1.69. The summed E-state index contributed by atoms with van der Waals surface area (Å²) in [7, 11) is 1.31. The van der Waals surface area contributed by atoms with Gasteiger partial charge in [0, 0.05) is 0 Å². The number of esters is 1. The van der Waals surface area contributed by atoms with Crippen molar-refractivity contribution < 1.29 is 14.6 Å². The van der Waals surface area contributed by atoms with Gasteiger partial charge in [-0.2, -0.15) is 0 Å². The Morgan fingerprint density at radius 1 is 1.45 bits per heavy atom. The summed E-state index contributed by atoms with van der Waals surface area (Å²) in [6.07, 6.45) is 3.98. The smallest absolute Gasteiger partial charge is 0.358 e. The monoisotopic (exact) mass is 279 g/mol. The highest BCUT2D eigenvalue weighted by Gasteiger charge is 2.33. The summed E-state index contributed by atoms with van der Waals surface area (Å²) in [5.41, 5.74) is -0.151. The number of aliphatic hydroxyl groups excluding tert-OH is 1. The minimum atomic E-state index is -0.507. The molecule has 2 N–H and O–H groups in total. The molecule has 0 aromatic carbocycles. The van der Waals surface area contributed by atoms with E-state index in [0.717, 1.165) is 25.7 Å². The number of nitrogens with one attached hydrogen (secondary N) is 1. The molecule has 6 nitrogen and oxygen atoms in total. The van der Waals surface area contributed by atoms with Crippen molar-refractivity contribution in [1.82, 2.24) is 10.2 Å². The van der Waals surface area contributed by atoms with Crippen LogP contribution in [0.15, 0.2) is 12.1 Å². The summed E-state index contributed by atoms with van der Waals surface area (Å²) in [6, 6.07) is 3.26. The first kappa shape index (κ1) is 14.7. The van der Waals surface area contributed by atoms with Crippen molar-refractivity contribution >= 4 is 11.8 Å². The first-order valence-corrected chi connectivity index (χ1v) is 6.90. The number of carbonyl (C=O) groups excluding carboxylic acids is 1. The Morgan fingerprint density at radius 2 is 2.15 bits per heavy atom. The second kappa shape index (κ2) is 6.17. The molecule has 1 saturated carbocycles. The maximum atomic E-state index is 11.3. The minimum absolute atomic E-state index is 0.0696. The highest BCUT2D eigenvalue weighted by molar-refractivity contribution is 5.86. The maximum Gasteiger partial charge on any atom is 0.358 e. The number of carbonyl (C=O) groups is 1. The molecule has 0 atom stereocenters. The predicted molar refractivity (Wildman–Crippen MR) is 74.4 cm³/mol. The van der Waals surface area contributed by atoms with Crippen molar-refractivity contribution in [1.29, 1.82) is 0 Å². The number of hydrogen-bond donors (Lipinski definition) is 2. The molecule has 0 spiro atoms. The molecule has 2 rings (SSSR count). The molecule has 1 aliphatic carbocycles. The number of anilines is 1. The Morgan fingerprint density at radius 3 is 2.65 bits per heavy atom. The van der Waals surface area contributed by atoms with Gasteiger partial charge in [-0.1, -0.05) is 6.92 Å². The minimum Gasteiger partial charge on any atom is -0.464 e. The van der Waals surface area contributed by atoms with Crippen molar-refractivity contribution in [2.45, 2.75) is 38.1 Å². The third kappa shape index (κ3) is 3.25. The molecule has 6 heteroatoms. The van der Waals surface area contributed by atoms with E-state index in [9.17, 15) is 9.90 Å². The van der Waals surface area contributed by atoms with Crippen LogP contribution in [0.25, 0.3) is 0 Å². The average Bonchev–Trinajstić information content (AvgIpc) is 2.50. The summed E-state index contributed by atoms with van der Waals surface area (Å²) in [5.74, 6) is 0.762. The molecule has 1 aromatic rings. The maximum absolute atomic E-state index is 11.3. The van der Waals surface area contributed by atoms with Crippen LogP contribution in [0.2, 0.25) is 0 Å². The van der Waals surface area contributed by atoms with Crippen LogP contribution in [0.3, 0.4) is 0 Å². The predicted octanol–water partition coefficient (Wildman–Crippen LogP) is 1.62. The van der Waals surface area contributed by atoms with Crippen LogP contribution in [0.1, 0.15) is 43.1 Å². The molecule has 0 amide bonds. The van der Waals surface area contributed by atoms with Crippen LogP contribution in [0, 0.1) is 5.92 Å². The summed E-state index contributed by atoms with van der Waals surface area (Å²) < 4.78 is 4.58. The van der Waals surface area contributed by atoms with E-state index in [-0.39, 0.29) is 17.8 Å². The first-order chi connectivity index (χ1) is 9.58. The fraction of sp³-hybridized carbons (Fsp3) is 0.643. The van der Waals surface area contributed by atoms with Gasteiger partial charge in [0.25, 0.3) is 0 Å². The molecule has 0 aliphatic heterocycles. The number of ether oxygens (including phenoxy) is 1. The van der Waals surface area contributed by atoms with Crippen LogP contribution >= 0.6 is 0 Å². The van der Waals surface area contributed by atoms with Gasteiger partial charge in [0.2, 0.25) is 0 Å². The topological polar surface area (TPSA) is 84.3 Å². The third-order valence-electron chi connectivity index (χ3n) is 3.99. The normalized spacial score (nSPS) is 26.1. The lowest BCUT2D eigenvalue weighted by Gasteiger charge is -2.39. The van der Waals surface area contributed by atoms with Crippen LogP contribution in [0.5, 0.6) is 0 Å². The second-order valence-corrected chi connectivity index (χ2v) is 5.54. The Bertz CT molecular complexity index is 453. The fourth-order valence-electron chi connectivity index (χ4n) is 2.52. The first-order valence-electron chi connectivity index (χ1n) is 6.90. The van der Waals surface area contributed by atoms with Gasteiger partial charge in [-0.05, 0) is 43.7 Å². The molecular formula is C14H21N3O3. The Kier molecular flexibility index (Phi) is 4.54. The summed E-state index contributed by atoms with van der Waals surface area (Å²) in [4.78, 5) is 11.3. The lowest BCUT2D eigenvalue weighted by atomic mass is 9.77. The van der Waals surface area contributed by atoms with Gasteiger partial charge in [0.05, 0.1) is 19.3 Å². The molecule has 110 valence electrons. The van der Waals surface area contributed by atoms with E-state index in [1.54, 1.807) is 12.1 Å². The molecule has 0 bridgehead atoms. The van der Waals surface area contributed by atoms with Gasteiger partial charge >= 0.3 is 5.97 Å². The third-order valence-corrected chi connectivity index (χ3v) is 3.99. The number of aliphatic hydroxyl groups is 1. The van der Waals surface area contributed by atoms with E-state index in [0.29, 0.717) is 11.7 Å². The molecule has 1 fully saturated rings. The highest BCUT2D eigenvalue weighted by atomic mass is 16.5. The van der Waals surface area contributed by atoms with Gasteiger partial charge < -0.3 is 15.2 Å². The largest absolute Gasteiger partial charge is 0.464 e. The van der Waals surface area contributed by atoms with Gasteiger partial charge in [-0.25, -0.2) is 4.79 Å². The van der Waals surface area contributed by atoms with Gasteiger partial charge in [-0.15, -0.1) is 10.2 Å². The fourth-order valence-corrected chi connectivity index (χ4v) is 2.52. The molecule has 1 heterocycles. The van der Waals surface area contributed by atoms with E-state index in [1.807, 2.05) is 0 Å². The lowest BCUT2D eigenvalue weighted by Crippen LogP contribution is -2.45. The molecule has 1 aromatic heterocycles. The summed E-state index contributed by atoms with van der Waals surface area (Å²) >= 11 is 0. The van der Waals surface area contributed by atoms with Crippen molar-refractivity contribution in [2.75, 3.05) is 19.0 Å². The van der Waals surface area contributed by atoms with Gasteiger partial charge in [0.1, 0.15) is 5.82 Å². The summed E-state index contributed by atoms with van der Waals surface area (Å²) in [5, 5.41) is 20.8. The van der Waals surface area contributed by atoms with Crippen molar-refractivity contribution in [3.8, 4) is 0 Å². The zero-order valence-electron chi connectivity index (χ0n) is 11.9. The van der Waals surface area contributed by atoms with Crippen LogP contribution in [-0.2, 0) is 4.74 Å². The SMILES string of the molecule is COC(=O)c1ccc(NC2(CO)CCC(C)CC2)nn1. The van der Waals surface area contributed by atoms with Crippen LogP contribution in [-0.4, -0.2) is 40.5 Å². The number of rotatable bonds is 4. The number of aromatic nitrogens is 2. The van der Waals surface area contributed by atoms with Gasteiger partial charge in [0.15, 0.2) is 5.69 Å². The Labute approximate surface area is 118 Å². The van der Waals surface area contributed by atoms with Gasteiger partial charge in [-0.3, -0.25) is 0 Å². The number of methoxy groups -OCH3 is 1. The molecule has 0 saturated heterocycles. The highest BCUT2D eigenvalue weighted by Crippen LogP contribution is 2.33. The van der Waals surface area contributed by atoms with Crippen molar-refractivity contribution in [2.24, 2.45) is 5.92 Å². The van der Waals surface area contributed by atoms with Crippen LogP contribution in [0.4, 0.5) is 5.82 Å². The van der Waals surface area contributed by atoms with E-state index >= 15 is 0 Å². The van der Waals surface area contributed by atoms with E-state index in [1.165, 1.54) is 7.11 Å². The van der Waals surface area contributed by atoms with E-state index < -0.39 is 5.97 Å². The standard InChI is InChI=1S/C14H21N3O3/c1-10-5-7-14(9-18,8-6-10)15-12-4-3-11(16-17-12)13(19)20-2/h3-4,10,18H,5-9H2,1-2H3,(H,15,17). The zero-order valence-corrected chi connectivity index (χ0v) is 11.9. The molecule has 20 heavy (non-hydrogen) atoms. The quantitative estimate of drug-likeness (QED) is 0.815. The summed E-state index contributed by atoms with van der Waals surface area (Å²) in [6.45, 7) is 2.30. The molecule has 1 aliphatic rings. The van der Waals surface area contributed by atoms with Crippen LogP contribution < -0.4 is 5.32 Å². The molecular weight excluding hydrogens is 258 g/mol. The van der Waals surface area contributed by atoms with E-state index in [2.05, 4.69) is 27.2 Å². The average molecular weight is 279 g/mol. The lowest BCUT2D eigenvalue weighted by molar-refractivity contribution is 0.0592. The Balaban J connectivity index is 2.06. The second-order valence-electron chi connectivity index (χ2n) is 5.54. The van der Waals surface area contributed by atoms with E-state index in [4.69, 9.17) is 0 Å².